The Morgan fingerprint density at radius 2 is 1.61 bits per heavy atom. The minimum Gasteiger partial charge on any atom is -0.460 e. The third kappa shape index (κ3) is 1.81. The van der Waals surface area contributed by atoms with E-state index >= 15 is 0 Å². The predicted molar refractivity (Wildman–Crippen MR) is 74.4 cm³/mol. The monoisotopic (exact) mass is 237 g/mol. The summed E-state index contributed by atoms with van der Waals surface area (Å²) in [5.41, 5.74) is 8.96. The molecule has 0 amide bonds. The van der Waals surface area contributed by atoms with Gasteiger partial charge in [0.25, 0.3) is 0 Å². The molecule has 0 bridgehead atoms. The molecule has 2 N–H and O–H groups in total. The van der Waals surface area contributed by atoms with Crippen molar-refractivity contribution in [3.63, 3.8) is 0 Å². The second-order valence-electron chi connectivity index (χ2n) is 4.30. The lowest BCUT2D eigenvalue weighted by Crippen LogP contribution is -2.02. The largest absolute Gasteiger partial charge is 0.460 e. The van der Waals surface area contributed by atoms with Crippen molar-refractivity contribution in [2.24, 2.45) is 5.73 Å². The zero-order valence-electron chi connectivity index (χ0n) is 10.1. The maximum absolute atomic E-state index is 5.91. The van der Waals surface area contributed by atoms with Crippen LogP contribution in [0.15, 0.2) is 59.0 Å². The lowest BCUT2D eigenvalue weighted by Gasteiger charge is -2.02. The summed E-state index contributed by atoms with van der Waals surface area (Å²) >= 11 is 0. The van der Waals surface area contributed by atoms with Crippen LogP contribution in [0.3, 0.4) is 0 Å². The van der Waals surface area contributed by atoms with Crippen molar-refractivity contribution in [3.8, 4) is 11.1 Å². The van der Waals surface area contributed by atoms with Crippen LogP contribution < -0.4 is 5.73 Å². The summed E-state index contributed by atoms with van der Waals surface area (Å²) in [4.78, 5) is 0. The van der Waals surface area contributed by atoms with Crippen LogP contribution >= 0.6 is 0 Å². The lowest BCUT2D eigenvalue weighted by atomic mass is 10.0. The van der Waals surface area contributed by atoms with Gasteiger partial charge in [-0.15, -0.1) is 0 Å². The maximum Gasteiger partial charge on any atom is 0.134 e. The Morgan fingerprint density at radius 1 is 0.889 bits per heavy atom. The average Bonchev–Trinajstić information content (AvgIpc) is 2.78. The van der Waals surface area contributed by atoms with Crippen molar-refractivity contribution in [1.82, 2.24) is 0 Å². The molecule has 0 saturated heterocycles. The smallest absolute Gasteiger partial charge is 0.134 e. The van der Waals surface area contributed by atoms with E-state index in [-0.39, 0.29) is 0 Å². The summed E-state index contributed by atoms with van der Waals surface area (Å²) in [6.45, 7) is 0.597. The van der Waals surface area contributed by atoms with Crippen LogP contribution in [0.5, 0.6) is 0 Å². The molecule has 0 atom stereocenters. The van der Waals surface area contributed by atoms with Gasteiger partial charge in [-0.25, -0.2) is 0 Å². The summed E-state index contributed by atoms with van der Waals surface area (Å²) in [6.07, 6.45) is 0.763. The van der Waals surface area contributed by atoms with Crippen LogP contribution in [-0.4, -0.2) is 6.54 Å². The molecular weight excluding hydrogens is 222 g/mol. The number of para-hydroxylation sites is 1. The minimum atomic E-state index is 0.597. The maximum atomic E-state index is 5.91. The summed E-state index contributed by atoms with van der Waals surface area (Å²) in [7, 11) is 0. The molecule has 1 aromatic heterocycles. The Balaban J connectivity index is 2.28. The number of fused-ring (bicyclic) bond motifs is 1. The van der Waals surface area contributed by atoms with Gasteiger partial charge in [-0.2, -0.15) is 0 Å². The van der Waals surface area contributed by atoms with E-state index in [0.717, 1.165) is 23.2 Å². The molecule has 0 aliphatic heterocycles. The van der Waals surface area contributed by atoms with Gasteiger partial charge in [0, 0.05) is 17.4 Å². The number of benzene rings is 2. The van der Waals surface area contributed by atoms with E-state index in [0.29, 0.717) is 6.54 Å². The molecule has 2 aromatic carbocycles. The lowest BCUT2D eigenvalue weighted by molar-refractivity contribution is 0.552. The topological polar surface area (TPSA) is 39.2 Å². The Morgan fingerprint density at radius 3 is 2.39 bits per heavy atom. The molecule has 0 spiro atoms. The van der Waals surface area contributed by atoms with Gasteiger partial charge in [0.05, 0.1) is 0 Å². The quantitative estimate of drug-likeness (QED) is 0.756. The van der Waals surface area contributed by atoms with Gasteiger partial charge in [-0.1, -0.05) is 48.5 Å². The van der Waals surface area contributed by atoms with Crippen molar-refractivity contribution < 1.29 is 4.42 Å². The molecule has 90 valence electrons. The fraction of sp³-hybridized carbons (Fsp3) is 0.125. The molecule has 2 heteroatoms. The molecule has 0 unspecified atom stereocenters. The zero-order valence-corrected chi connectivity index (χ0v) is 10.1. The van der Waals surface area contributed by atoms with Crippen LogP contribution in [0, 0.1) is 0 Å². The van der Waals surface area contributed by atoms with E-state index in [4.69, 9.17) is 10.2 Å². The first kappa shape index (κ1) is 11.1. The van der Waals surface area contributed by atoms with E-state index in [2.05, 4.69) is 18.2 Å². The van der Waals surface area contributed by atoms with E-state index in [1.807, 2.05) is 36.4 Å². The highest BCUT2D eigenvalue weighted by Gasteiger charge is 2.14. The normalized spacial score (nSPS) is 10.9. The van der Waals surface area contributed by atoms with Gasteiger partial charge in [-0.05, 0) is 18.2 Å². The first-order chi connectivity index (χ1) is 8.90. The van der Waals surface area contributed by atoms with Gasteiger partial charge >= 0.3 is 0 Å². The van der Waals surface area contributed by atoms with E-state index in [9.17, 15) is 0 Å². The van der Waals surface area contributed by atoms with Gasteiger partial charge < -0.3 is 10.2 Å². The first-order valence-corrected chi connectivity index (χ1v) is 6.16. The standard InChI is InChI=1S/C16H15NO/c17-11-10-15-16(12-6-2-1-3-7-12)13-8-4-5-9-14(13)18-15/h1-9H,10-11,17H2. The number of hydrogen-bond acceptors (Lipinski definition) is 2. The van der Waals surface area contributed by atoms with E-state index in [1.165, 1.54) is 11.1 Å². The average molecular weight is 237 g/mol. The van der Waals surface area contributed by atoms with Crippen molar-refractivity contribution in [1.29, 1.82) is 0 Å². The van der Waals surface area contributed by atoms with Gasteiger partial charge in [0.1, 0.15) is 11.3 Å². The highest BCUT2D eigenvalue weighted by atomic mass is 16.3. The Bertz CT molecular complexity index is 655. The number of furan rings is 1. The SMILES string of the molecule is NCCc1oc2ccccc2c1-c1ccccc1. The van der Waals surface area contributed by atoms with Crippen molar-refractivity contribution >= 4 is 11.0 Å². The predicted octanol–water partition coefficient (Wildman–Crippen LogP) is 3.60. The third-order valence-corrected chi connectivity index (χ3v) is 3.10. The highest BCUT2D eigenvalue weighted by molar-refractivity contribution is 5.95. The highest BCUT2D eigenvalue weighted by Crippen LogP contribution is 2.34. The molecule has 0 aliphatic rings. The van der Waals surface area contributed by atoms with Crippen molar-refractivity contribution in [3.05, 3.63) is 60.4 Å². The molecule has 0 aliphatic carbocycles. The second kappa shape index (κ2) is 4.67. The summed E-state index contributed by atoms with van der Waals surface area (Å²) < 4.78 is 5.91. The van der Waals surface area contributed by atoms with Gasteiger partial charge in [-0.3, -0.25) is 0 Å². The third-order valence-electron chi connectivity index (χ3n) is 3.10. The van der Waals surface area contributed by atoms with Crippen LogP contribution in [0.4, 0.5) is 0 Å². The molecule has 1 heterocycles. The number of rotatable bonds is 3. The molecule has 0 radical (unpaired) electrons. The van der Waals surface area contributed by atoms with Gasteiger partial charge in [0.15, 0.2) is 0 Å². The number of nitrogens with two attached hydrogens (primary N) is 1. The second-order valence-corrected chi connectivity index (χ2v) is 4.30. The Kier molecular flexibility index (Phi) is 2.87. The molecule has 0 fully saturated rings. The van der Waals surface area contributed by atoms with Crippen LogP contribution in [-0.2, 0) is 6.42 Å². The molecular formula is C16H15NO. The molecule has 2 nitrogen and oxygen atoms in total. The van der Waals surface area contributed by atoms with E-state index < -0.39 is 0 Å². The van der Waals surface area contributed by atoms with Gasteiger partial charge in [0.2, 0.25) is 0 Å². The van der Waals surface area contributed by atoms with Crippen molar-refractivity contribution in [2.45, 2.75) is 6.42 Å². The Hall–Kier alpha value is -2.06. The van der Waals surface area contributed by atoms with Crippen molar-refractivity contribution in [2.75, 3.05) is 6.54 Å². The zero-order chi connectivity index (χ0) is 12.4. The van der Waals surface area contributed by atoms with E-state index in [1.54, 1.807) is 0 Å². The summed E-state index contributed by atoms with van der Waals surface area (Å²) in [6, 6.07) is 18.5. The number of hydrogen-bond donors (Lipinski definition) is 1. The fourth-order valence-corrected chi connectivity index (χ4v) is 2.32. The first-order valence-electron chi connectivity index (χ1n) is 6.16. The molecule has 3 rings (SSSR count). The molecule has 18 heavy (non-hydrogen) atoms. The summed E-state index contributed by atoms with van der Waals surface area (Å²) in [5.74, 6) is 0.977. The molecule has 0 saturated carbocycles. The summed E-state index contributed by atoms with van der Waals surface area (Å²) in [5, 5.41) is 1.16. The minimum absolute atomic E-state index is 0.597. The van der Waals surface area contributed by atoms with Crippen LogP contribution in [0.25, 0.3) is 22.1 Å². The van der Waals surface area contributed by atoms with Crippen LogP contribution in [0.2, 0.25) is 0 Å². The van der Waals surface area contributed by atoms with Crippen LogP contribution in [0.1, 0.15) is 5.76 Å². The molecule has 3 aromatic rings. The fourth-order valence-electron chi connectivity index (χ4n) is 2.32. The Labute approximate surface area is 106 Å².